The molecule has 1 aliphatic rings. The first kappa shape index (κ1) is 16.4. The molecule has 0 aromatic heterocycles. The first-order valence-electron chi connectivity index (χ1n) is 7.16. The summed E-state index contributed by atoms with van der Waals surface area (Å²) in [5.41, 5.74) is -2.10. The Labute approximate surface area is 116 Å². The molecule has 2 unspecified atom stereocenters. The maximum Gasteiger partial charge on any atom is 0.311 e. The third-order valence-corrected chi connectivity index (χ3v) is 4.88. The summed E-state index contributed by atoms with van der Waals surface area (Å²) in [5, 5.41) is 10.8. The van der Waals surface area contributed by atoms with Crippen LogP contribution in [0.5, 0.6) is 0 Å². The van der Waals surface area contributed by atoms with Crippen LogP contribution in [-0.2, 0) is 14.3 Å². The van der Waals surface area contributed by atoms with Gasteiger partial charge in [0.15, 0.2) is 0 Å². The first-order valence-corrected chi connectivity index (χ1v) is 7.16. The van der Waals surface area contributed by atoms with Crippen molar-refractivity contribution in [1.82, 2.24) is 0 Å². The van der Waals surface area contributed by atoms with Crippen LogP contribution in [0.25, 0.3) is 0 Å². The second-order valence-electron chi connectivity index (χ2n) is 6.29. The van der Waals surface area contributed by atoms with E-state index in [0.717, 1.165) is 0 Å². The van der Waals surface area contributed by atoms with Crippen molar-refractivity contribution in [2.75, 3.05) is 7.11 Å². The lowest BCUT2D eigenvalue weighted by atomic mass is 9.70. The Hall–Kier alpha value is -0.610. The largest absolute Gasteiger partial charge is 0.469 e. The minimum absolute atomic E-state index is 0.233. The summed E-state index contributed by atoms with van der Waals surface area (Å²) in [6.07, 6.45) is 2.62. The van der Waals surface area contributed by atoms with Crippen molar-refractivity contribution < 1.29 is 19.4 Å². The monoisotopic (exact) mass is 272 g/mol. The Morgan fingerprint density at radius 3 is 2.26 bits per heavy atom. The van der Waals surface area contributed by atoms with E-state index < -0.39 is 16.8 Å². The lowest BCUT2D eigenvalue weighted by Crippen LogP contribution is -2.61. The molecule has 0 saturated carbocycles. The summed E-state index contributed by atoms with van der Waals surface area (Å²) in [7, 11) is 1.40. The van der Waals surface area contributed by atoms with E-state index in [1.54, 1.807) is 0 Å². The smallest absolute Gasteiger partial charge is 0.311 e. The maximum absolute atomic E-state index is 11.8. The van der Waals surface area contributed by atoms with E-state index in [1.807, 2.05) is 34.6 Å². The summed E-state index contributed by atoms with van der Waals surface area (Å²) < 4.78 is 11.0. The molecule has 112 valence electrons. The van der Waals surface area contributed by atoms with Crippen LogP contribution in [0.3, 0.4) is 0 Å². The van der Waals surface area contributed by atoms with Crippen LogP contribution in [0.2, 0.25) is 0 Å². The van der Waals surface area contributed by atoms with E-state index in [2.05, 4.69) is 0 Å². The normalized spacial score (nSPS) is 31.0. The molecule has 1 heterocycles. The van der Waals surface area contributed by atoms with Gasteiger partial charge in [-0.1, -0.05) is 13.8 Å². The van der Waals surface area contributed by atoms with Gasteiger partial charge in [-0.05, 0) is 46.5 Å². The zero-order valence-electron chi connectivity index (χ0n) is 13.1. The molecule has 1 fully saturated rings. The molecule has 1 saturated heterocycles. The van der Waals surface area contributed by atoms with Gasteiger partial charge < -0.3 is 14.6 Å². The molecular weight excluding hydrogens is 244 g/mol. The number of esters is 1. The van der Waals surface area contributed by atoms with Crippen LogP contribution in [0.15, 0.2) is 0 Å². The molecule has 0 aromatic carbocycles. The number of ether oxygens (including phenoxy) is 2. The quantitative estimate of drug-likeness (QED) is 0.799. The second kappa shape index (κ2) is 5.41. The molecule has 1 rings (SSSR count). The van der Waals surface area contributed by atoms with Crippen LogP contribution in [-0.4, -0.2) is 35.0 Å². The fraction of sp³-hybridized carbons (Fsp3) is 0.933. The molecule has 0 amide bonds. The van der Waals surface area contributed by atoms with Gasteiger partial charge in [-0.25, -0.2) is 0 Å². The summed E-state index contributed by atoms with van der Waals surface area (Å²) in [4.78, 5) is 11.8. The average molecular weight is 272 g/mol. The van der Waals surface area contributed by atoms with E-state index >= 15 is 0 Å². The predicted molar refractivity (Wildman–Crippen MR) is 73.8 cm³/mol. The Balaban J connectivity index is 3.00. The molecule has 0 radical (unpaired) electrons. The van der Waals surface area contributed by atoms with Gasteiger partial charge in [0.2, 0.25) is 0 Å². The van der Waals surface area contributed by atoms with Crippen LogP contribution >= 0.6 is 0 Å². The Bertz CT molecular complexity index is 333. The van der Waals surface area contributed by atoms with Crippen LogP contribution in [0, 0.1) is 5.92 Å². The molecule has 0 bridgehead atoms. The Kier molecular flexibility index (Phi) is 4.68. The lowest BCUT2D eigenvalue weighted by molar-refractivity contribution is -0.265. The van der Waals surface area contributed by atoms with Gasteiger partial charge in [0, 0.05) is 0 Å². The molecule has 1 aliphatic heterocycles. The third-order valence-electron chi connectivity index (χ3n) is 4.88. The summed E-state index contributed by atoms with van der Waals surface area (Å²) in [6.45, 7) is 9.69. The van der Waals surface area contributed by atoms with E-state index in [1.165, 1.54) is 7.11 Å². The van der Waals surface area contributed by atoms with Crippen molar-refractivity contribution in [3.8, 4) is 0 Å². The Morgan fingerprint density at radius 2 is 1.89 bits per heavy atom. The number of methoxy groups -OCH3 is 1. The van der Waals surface area contributed by atoms with E-state index in [-0.39, 0.29) is 11.9 Å². The first-order chi connectivity index (χ1) is 8.65. The van der Waals surface area contributed by atoms with Crippen LogP contribution < -0.4 is 0 Å². The van der Waals surface area contributed by atoms with Gasteiger partial charge in [-0.3, -0.25) is 4.79 Å². The van der Waals surface area contributed by atoms with Crippen molar-refractivity contribution in [1.29, 1.82) is 0 Å². The van der Waals surface area contributed by atoms with Gasteiger partial charge in [-0.15, -0.1) is 0 Å². The molecule has 19 heavy (non-hydrogen) atoms. The van der Waals surface area contributed by atoms with E-state index in [4.69, 9.17) is 9.47 Å². The highest BCUT2D eigenvalue weighted by molar-refractivity contribution is 5.73. The number of hydrogen-bond acceptors (Lipinski definition) is 4. The average Bonchev–Trinajstić information content (AvgIpc) is 2.35. The van der Waals surface area contributed by atoms with Gasteiger partial charge in [-0.2, -0.15) is 0 Å². The molecule has 4 nitrogen and oxygen atoms in total. The van der Waals surface area contributed by atoms with Crippen LogP contribution in [0.1, 0.15) is 60.3 Å². The van der Waals surface area contributed by atoms with E-state index in [0.29, 0.717) is 25.7 Å². The summed E-state index contributed by atoms with van der Waals surface area (Å²) in [5.74, 6) is -0.507. The van der Waals surface area contributed by atoms with Gasteiger partial charge in [0.05, 0.1) is 29.8 Å². The van der Waals surface area contributed by atoms with Gasteiger partial charge in [0.1, 0.15) is 0 Å². The van der Waals surface area contributed by atoms with Crippen molar-refractivity contribution in [3.63, 3.8) is 0 Å². The summed E-state index contributed by atoms with van der Waals surface area (Å²) in [6, 6.07) is 0. The highest BCUT2D eigenvalue weighted by atomic mass is 16.6. The molecule has 0 aromatic rings. The minimum Gasteiger partial charge on any atom is -0.469 e. The van der Waals surface area contributed by atoms with E-state index in [9.17, 15) is 9.90 Å². The fourth-order valence-corrected chi connectivity index (χ4v) is 3.34. The zero-order valence-corrected chi connectivity index (χ0v) is 13.1. The molecule has 0 aliphatic carbocycles. The van der Waals surface area contributed by atoms with Crippen molar-refractivity contribution in [2.24, 2.45) is 5.92 Å². The Morgan fingerprint density at radius 1 is 1.37 bits per heavy atom. The topological polar surface area (TPSA) is 55.8 Å². The molecule has 1 N–H and O–H groups in total. The number of rotatable bonds is 4. The number of carbonyl (C=O) groups excluding carboxylic acids is 1. The summed E-state index contributed by atoms with van der Waals surface area (Å²) >= 11 is 0. The minimum atomic E-state index is -0.856. The molecule has 2 atom stereocenters. The third kappa shape index (κ3) is 2.79. The van der Waals surface area contributed by atoms with Crippen molar-refractivity contribution in [2.45, 2.75) is 77.1 Å². The molecule has 0 spiro atoms. The van der Waals surface area contributed by atoms with Gasteiger partial charge >= 0.3 is 5.97 Å². The van der Waals surface area contributed by atoms with Crippen molar-refractivity contribution in [3.05, 3.63) is 0 Å². The predicted octanol–water partition coefficient (Wildman–Crippen LogP) is 2.67. The molecule has 4 heteroatoms. The molecular formula is C15H28O4. The highest BCUT2D eigenvalue weighted by Gasteiger charge is 2.54. The number of aliphatic hydroxyl groups is 1. The maximum atomic E-state index is 11.8. The number of hydrogen-bond donors (Lipinski definition) is 1. The fourth-order valence-electron chi connectivity index (χ4n) is 3.34. The highest BCUT2D eigenvalue weighted by Crippen LogP contribution is 2.46. The van der Waals surface area contributed by atoms with Gasteiger partial charge in [0.25, 0.3) is 0 Å². The van der Waals surface area contributed by atoms with Crippen molar-refractivity contribution >= 4 is 5.97 Å². The second-order valence-corrected chi connectivity index (χ2v) is 6.29. The SMILES string of the molecule is CCC(O)(CC)C1(C)CCC(C(=O)OC)C(C)(C)O1. The zero-order chi connectivity index (χ0) is 14.9. The standard InChI is InChI=1S/C15H28O4/c1-7-15(17,8-2)14(5)10-9-11(12(16)18-6)13(3,4)19-14/h11,17H,7-10H2,1-6H3. The van der Waals surface area contributed by atoms with Crippen LogP contribution in [0.4, 0.5) is 0 Å². The lowest BCUT2D eigenvalue weighted by Gasteiger charge is -2.53. The number of carbonyl (C=O) groups is 1.